The number of piperidine rings is 1. The monoisotopic (exact) mass is 375 g/mol. The number of carbonyl (C=O) groups excluding carboxylic acids is 1. The SMILES string of the molecule is O=C1OC2(CCN(c3ncc(-c4cccc(F)c4)cn3)CC2)c2ccccc21. The molecule has 2 aromatic carbocycles. The third-order valence-corrected chi connectivity index (χ3v) is 5.58. The highest BCUT2D eigenvalue weighted by Gasteiger charge is 2.47. The van der Waals surface area contributed by atoms with Gasteiger partial charge in [-0.05, 0) is 23.8 Å². The normalized spacial score (nSPS) is 17.5. The number of ether oxygens (including phenoxy) is 1. The highest BCUT2D eigenvalue weighted by molar-refractivity contribution is 5.94. The molecule has 28 heavy (non-hydrogen) atoms. The van der Waals surface area contributed by atoms with Crippen molar-refractivity contribution in [3.05, 3.63) is 77.9 Å². The van der Waals surface area contributed by atoms with Gasteiger partial charge in [0.2, 0.25) is 5.95 Å². The molecule has 2 aliphatic heterocycles. The molecular weight excluding hydrogens is 357 g/mol. The summed E-state index contributed by atoms with van der Waals surface area (Å²) in [5, 5.41) is 0. The summed E-state index contributed by atoms with van der Waals surface area (Å²) in [6, 6.07) is 14.0. The van der Waals surface area contributed by atoms with Crippen LogP contribution >= 0.6 is 0 Å². The lowest BCUT2D eigenvalue weighted by Gasteiger charge is -2.38. The van der Waals surface area contributed by atoms with Gasteiger partial charge in [0.25, 0.3) is 0 Å². The largest absolute Gasteiger partial charge is 0.450 e. The van der Waals surface area contributed by atoms with Crippen LogP contribution < -0.4 is 4.90 Å². The molecule has 1 aromatic heterocycles. The predicted molar refractivity (Wildman–Crippen MR) is 102 cm³/mol. The summed E-state index contributed by atoms with van der Waals surface area (Å²) in [4.78, 5) is 23.2. The summed E-state index contributed by atoms with van der Waals surface area (Å²) in [5.41, 5.74) is 2.65. The van der Waals surface area contributed by atoms with Crippen molar-refractivity contribution in [1.82, 2.24) is 9.97 Å². The number of halogens is 1. The molecule has 0 unspecified atom stereocenters. The van der Waals surface area contributed by atoms with Crippen molar-refractivity contribution in [1.29, 1.82) is 0 Å². The van der Waals surface area contributed by atoms with Crippen LogP contribution in [-0.4, -0.2) is 29.0 Å². The minimum Gasteiger partial charge on any atom is -0.450 e. The van der Waals surface area contributed by atoms with Crippen molar-refractivity contribution in [2.75, 3.05) is 18.0 Å². The number of rotatable bonds is 2. The van der Waals surface area contributed by atoms with E-state index in [-0.39, 0.29) is 11.8 Å². The fourth-order valence-corrected chi connectivity index (χ4v) is 4.09. The van der Waals surface area contributed by atoms with Gasteiger partial charge in [-0.3, -0.25) is 0 Å². The summed E-state index contributed by atoms with van der Waals surface area (Å²) in [6.45, 7) is 1.39. The van der Waals surface area contributed by atoms with Crippen LogP contribution in [0, 0.1) is 5.82 Å². The lowest BCUT2D eigenvalue weighted by atomic mass is 9.84. The molecule has 0 saturated carbocycles. The molecular formula is C22H18FN3O2. The molecule has 0 amide bonds. The molecule has 1 saturated heterocycles. The van der Waals surface area contributed by atoms with Gasteiger partial charge in [-0.2, -0.15) is 0 Å². The van der Waals surface area contributed by atoms with Gasteiger partial charge in [0.15, 0.2) is 0 Å². The second-order valence-electron chi connectivity index (χ2n) is 7.20. The summed E-state index contributed by atoms with van der Waals surface area (Å²) >= 11 is 0. The average molecular weight is 375 g/mol. The lowest BCUT2D eigenvalue weighted by molar-refractivity contribution is -0.0211. The molecule has 6 heteroatoms. The molecule has 0 bridgehead atoms. The average Bonchev–Trinajstić information content (AvgIpc) is 3.01. The molecule has 0 radical (unpaired) electrons. The van der Waals surface area contributed by atoms with Crippen LogP contribution in [0.4, 0.5) is 10.3 Å². The molecule has 1 fully saturated rings. The van der Waals surface area contributed by atoms with Crippen LogP contribution in [0.5, 0.6) is 0 Å². The van der Waals surface area contributed by atoms with Crippen LogP contribution in [0.1, 0.15) is 28.8 Å². The fourth-order valence-electron chi connectivity index (χ4n) is 4.09. The maximum Gasteiger partial charge on any atom is 0.339 e. The zero-order chi connectivity index (χ0) is 19.1. The first-order chi connectivity index (χ1) is 13.6. The Bertz CT molecular complexity index is 1040. The minimum absolute atomic E-state index is 0.236. The second-order valence-corrected chi connectivity index (χ2v) is 7.20. The van der Waals surface area contributed by atoms with Gasteiger partial charge in [0.05, 0.1) is 5.56 Å². The second kappa shape index (κ2) is 6.41. The zero-order valence-electron chi connectivity index (χ0n) is 15.1. The Kier molecular flexibility index (Phi) is 3.86. The number of hydrogen-bond acceptors (Lipinski definition) is 5. The van der Waals surface area contributed by atoms with Crippen LogP contribution in [0.15, 0.2) is 60.9 Å². The van der Waals surface area contributed by atoms with E-state index in [1.54, 1.807) is 18.5 Å². The third-order valence-electron chi connectivity index (χ3n) is 5.58. The van der Waals surface area contributed by atoms with Crippen LogP contribution in [0.3, 0.4) is 0 Å². The van der Waals surface area contributed by atoms with E-state index in [1.165, 1.54) is 12.1 Å². The van der Waals surface area contributed by atoms with Gasteiger partial charge in [-0.25, -0.2) is 19.2 Å². The van der Waals surface area contributed by atoms with Gasteiger partial charge in [0, 0.05) is 49.5 Å². The maximum absolute atomic E-state index is 13.4. The maximum atomic E-state index is 13.4. The van der Waals surface area contributed by atoms with Crippen molar-refractivity contribution in [3.63, 3.8) is 0 Å². The fraction of sp³-hybridized carbons (Fsp3) is 0.227. The zero-order valence-corrected chi connectivity index (χ0v) is 15.1. The number of hydrogen-bond donors (Lipinski definition) is 0. The summed E-state index contributed by atoms with van der Waals surface area (Å²) in [7, 11) is 0. The molecule has 2 aliphatic rings. The summed E-state index contributed by atoms with van der Waals surface area (Å²) in [6.07, 6.45) is 4.83. The van der Waals surface area contributed by atoms with E-state index in [1.807, 2.05) is 30.3 Å². The summed E-state index contributed by atoms with van der Waals surface area (Å²) in [5.74, 6) is 0.113. The van der Waals surface area contributed by atoms with E-state index in [2.05, 4.69) is 14.9 Å². The number of anilines is 1. The van der Waals surface area contributed by atoms with Crippen LogP contribution in [0.25, 0.3) is 11.1 Å². The molecule has 3 aromatic rings. The first kappa shape index (κ1) is 16.9. The lowest BCUT2D eigenvalue weighted by Crippen LogP contribution is -2.43. The molecule has 140 valence electrons. The molecule has 0 aliphatic carbocycles. The Morgan fingerprint density at radius 3 is 2.46 bits per heavy atom. The van der Waals surface area contributed by atoms with E-state index < -0.39 is 5.60 Å². The Labute approximate surface area is 161 Å². The van der Waals surface area contributed by atoms with Gasteiger partial charge in [-0.1, -0.05) is 30.3 Å². The van der Waals surface area contributed by atoms with Crippen molar-refractivity contribution < 1.29 is 13.9 Å². The van der Waals surface area contributed by atoms with E-state index in [0.29, 0.717) is 37.4 Å². The van der Waals surface area contributed by atoms with Gasteiger partial charge >= 0.3 is 5.97 Å². The number of aromatic nitrogens is 2. The van der Waals surface area contributed by atoms with Crippen molar-refractivity contribution >= 4 is 11.9 Å². The molecule has 0 N–H and O–H groups in total. The highest BCUT2D eigenvalue weighted by Crippen LogP contribution is 2.44. The topological polar surface area (TPSA) is 55.3 Å². The van der Waals surface area contributed by atoms with Gasteiger partial charge in [0.1, 0.15) is 11.4 Å². The number of esters is 1. The standard InChI is InChI=1S/C22H18FN3O2/c23-17-5-3-4-15(12-17)16-13-24-21(25-14-16)26-10-8-22(9-11-26)19-7-2-1-6-18(19)20(27)28-22/h1-7,12-14H,8-11H2. The third kappa shape index (κ3) is 2.72. The predicted octanol–water partition coefficient (Wildman–Crippen LogP) is 3.95. The molecule has 5 nitrogen and oxygen atoms in total. The molecule has 3 heterocycles. The smallest absolute Gasteiger partial charge is 0.339 e. The van der Waals surface area contributed by atoms with Crippen molar-refractivity contribution in [2.24, 2.45) is 0 Å². The quantitative estimate of drug-likeness (QED) is 0.635. The Morgan fingerprint density at radius 1 is 0.964 bits per heavy atom. The first-order valence-electron chi connectivity index (χ1n) is 9.30. The number of nitrogens with zero attached hydrogens (tertiary/aromatic N) is 3. The highest BCUT2D eigenvalue weighted by atomic mass is 19.1. The Balaban J connectivity index is 1.33. The van der Waals surface area contributed by atoms with Crippen LogP contribution in [0.2, 0.25) is 0 Å². The number of benzene rings is 2. The van der Waals surface area contributed by atoms with Crippen LogP contribution in [-0.2, 0) is 10.3 Å². The van der Waals surface area contributed by atoms with Crippen molar-refractivity contribution in [3.8, 4) is 11.1 Å². The van der Waals surface area contributed by atoms with E-state index in [0.717, 1.165) is 16.7 Å². The first-order valence-corrected chi connectivity index (χ1v) is 9.30. The number of fused-ring (bicyclic) bond motifs is 2. The van der Waals surface area contributed by atoms with E-state index in [4.69, 9.17) is 4.74 Å². The minimum atomic E-state index is -0.536. The Morgan fingerprint density at radius 2 is 1.71 bits per heavy atom. The number of carbonyl (C=O) groups is 1. The molecule has 5 rings (SSSR count). The van der Waals surface area contributed by atoms with Gasteiger partial charge in [-0.15, -0.1) is 0 Å². The Hall–Kier alpha value is -3.28. The van der Waals surface area contributed by atoms with Gasteiger partial charge < -0.3 is 9.64 Å². The summed E-state index contributed by atoms with van der Waals surface area (Å²) < 4.78 is 19.2. The molecule has 0 atom stereocenters. The van der Waals surface area contributed by atoms with E-state index >= 15 is 0 Å². The van der Waals surface area contributed by atoms with E-state index in [9.17, 15) is 9.18 Å². The molecule has 1 spiro atoms. The van der Waals surface area contributed by atoms with Crippen molar-refractivity contribution in [2.45, 2.75) is 18.4 Å².